The van der Waals surface area contributed by atoms with Crippen LogP contribution in [0, 0.1) is 5.92 Å². The third-order valence-electron chi connectivity index (χ3n) is 7.23. The number of nitrogens with two attached hydrogens (primary N) is 1. The molecule has 1 saturated carbocycles. The van der Waals surface area contributed by atoms with E-state index >= 15 is 0 Å². The van der Waals surface area contributed by atoms with Crippen molar-refractivity contribution >= 4 is 17.6 Å². The minimum Gasteiger partial charge on any atom is -0.497 e. The molecule has 1 aliphatic rings. The summed E-state index contributed by atoms with van der Waals surface area (Å²) in [5.41, 5.74) is 10.9. The van der Waals surface area contributed by atoms with Gasteiger partial charge in [-0.15, -0.1) is 0 Å². The number of hydrogen-bond acceptors (Lipinski definition) is 8. The third kappa shape index (κ3) is 8.18. The van der Waals surface area contributed by atoms with E-state index in [1.165, 1.54) is 7.11 Å². The van der Waals surface area contributed by atoms with Crippen molar-refractivity contribution < 1.29 is 28.5 Å². The molecular formula is C35H43N3O6. The summed E-state index contributed by atoms with van der Waals surface area (Å²) in [4.78, 5) is 31.9. The Kier molecular flexibility index (Phi) is 12.4. The summed E-state index contributed by atoms with van der Waals surface area (Å²) in [6.07, 6.45) is 3.73. The smallest absolute Gasteiger partial charge is 0.337 e. The van der Waals surface area contributed by atoms with Gasteiger partial charge in [0, 0.05) is 35.5 Å². The Labute approximate surface area is 260 Å². The lowest BCUT2D eigenvalue weighted by Gasteiger charge is -2.26. The average Bonchev–Trinajstić information content (AvgIpc) is 3.93. The number of benzene rings is 3. The summed E-state index contributed by atoms with van der Waals surface area (Å²) in [5, 5.41) is 0. The van der Waals surface area contributed by atoms with Crippen molar-refractivity contribution in [2.75, 3.05) is 35.5 Å². The molecule has 1 amide bonds. The normalized spacial score (nSPS) is 12.9. The number of carbonyl (C=O) groups excluding carboxylic acids is 2. The van der Waals surface area contributed by atoms with Crippen LogP contribution >= 0.6 is 0 Å². The standard InChI is InChI=1S/C33H37N3O6.C2H6/c1-35-29(18-28(34)22-11-12-22)32(37)36(19-24-15-16-26(39-2)17-30(24)40-3)20-25-7-6-8-27(31(25)41-4)21-9-13-23(14-10-21)33(38)42-5;1-2/h6-10,13-18,22H,11-12,19-20,34H2,1-5H3;1-2H3/b28-18-,35-29?;. The predicted molar refractivity (Wildman–Crippen MR) is 173 cm³/mol. The molecule has 0 heterocycles. The number of ether oxygens (including phenoxy) is 4. The maximum absolute atomic E-state index is 14.0. The SMILES string of the molecule is CC.CN=C(/C=C(\N)C1CC1)C(=O)N(Cc1ccc(OC)cc1OC)Cc1cccc(-c2ccc(C(=O)OC)cc2)c1OC. The van der Waals surface area contributed by atoms with Crippen LogP contribution in [0.15, 0.2) is 77.4 Å². The number of para-hydroxylation sites is 1. The number of carbonyl (C=O) groups is 2. The number of hydrogen-bond donors (Lipinski definition) is 1. The zero-order valence-corrected chi connectivity index (χ0v) is 26.7. The second-order valence-electron chi connectivity index (χ2n) is 9.93. The third-order valence-corrected chi connectivity index (χ3v) is 7.23. The van der Waals surface area contributed by atoms with Crippen LogP contribution in [0.2, 0.25) is 0 Å². The highest BCUT2D eigenvalue weighted by atomic mass is 16.5. The second kappa shape index (κ2) is 16.2. The molecule has 0 saturated heterocycles. The molecule has 0 bridgehead atoms. The number of esters is 1. The van der Waals surface area contributed by atoms with Gasteiger partial charge >= 0.3 is 5.97 Å². The van der Waals surface area contributed by atoms with E-state index < -0.39 is 5.97 Å². The zero-order chi connectivity index (χ0) is 32.2. The number of amides is 1. The van der Waals surface area contributed by atoms with E-state index in [4.69, 9.17) is 24.7 Å². The van der Waals surface area contributed by atoms with Crippen LogP contribution in [-0.2, 0) is 22.6 Å². The molecule has 0 aliphatic heterocycles. The molecule has 44 heavy (non-hydrogen) atoms. The molecule has 3 aromatic rings. The van der Waals surface area contributed by atoms with Crippen molar-refractivity contribution in [3.8, 4) is 28.4 Å². The molecule has 0 unspecified atom stereocenters. The maximum atomic E-state index is 14.0. The highest BCUT2D eigenvalue weighted by molar-refractivity contribution is 6.43. The van der Waals surface area contributed by atoms with E-state index in [1.807, 2.05) is 56.3 Å². The Morgan fingerprint density at radius 2 is 1.59 bits per heavy atom. The first-order chi connectivity index (χ1) is 21.3. The lowest BCUT2D eigenvalue weighted by atomic mass is 9.99. The molecular weight excluding hydrogens is 558 g/mol. The summed E-state index contributed by atoms with van der Waals surface area (Å²) in [7, 11) is 7.71. The maximum Gasteiger partial charge on any atom is 0.337 e. The van der Waals surface area contributed by atoms with E-state index in [1.54, 1.807) is 57.6 Å². The minimum atomic E-state index is -0.407. The molecule has 0 atom stereocenters. The number of rotatable bonds is 12. The van der Waals surface area contributed by atoms with Crippen LogP contribution in [0.4, 0.5) is 0 Å². The highest BCUT2D eigenvalue weighted by Crippen LogP contribution is 2.36. The molecule has 2 N–H and O–H groups in total. The number of allylic oxidation sites excluding steroid dienone is 1. The number of nitrogens with zero attached hydrogens (tertiary/aromatic N) is 2. The van der Waals surface area contributed by atoms with Gasteiger partial charge in [0.05, 0.1) is 47.1 Å². The second-order valence-corrected chi connectivity index (χ2v) is 9.93. The average molecular weight is 602 g/mol. The molecule has 3 aromatic carbocycles. The summed E-state index contributed by atoms with van der Waals surface area (Å²) >= 11 is 0. The topological polar surface area (TPSA) is 113 Å². The van der Waals surface area contributed by atoms with Crippen molar-refractivity contribution in [1.29, 1.82) is 0 Å². The molecule has 0 aromatic heterocycles. The first kappa shape index (κ1) is 33.7. The zero-order valence-electron chi connectivity index (χ0n) is 26.7. The monoisotopic (exact) mass is 601 g/mol. The van der Waals surface area contributed by atoms with Crippen molar-refractivity contribution in [2.45, 2.75) is 39.8 Å². The Hall–Kier alpha value is -4.79. The molecule has 234 valence electrons. The molecule has 9 nitrogen and oxygen atoms in total. The van der Waals surface area contributed by atoms with Crippen LogP contribution in [0.3, 0.4) is 0 Å². The lowest BCUT2D eigenvalue weighted by molar-refractivity contribution is -0.125. The van der Waals surface area contributed by atoms with Gasteiger partial charge < -0.3 is 29.6 Å². The Morgan fingerprint density at radius 1 is 0.909 bits per heavy atom. The van der Waals surface area contributed by atoms with Crippen molar-refractivity contribution in [3.05, 3.63) is 89.1 Å². The van der Waals surface area contributed by atoms with Gasteiger partial charge in [-0.2, -0.15) is 0 Å². The van der Waals surface area contributed by atoms with Crippen LogP contribution in [0.25, 0.3) is 11.1 Å². The fourth-order valence-electron chi connectivity index (χ4n) is 4.75. The quantitative estimate of drug-likeness (QED) is 0.199. The fraction of sp³-hybridized carbons (Fsp3) is 0.343. The molecule has 0 radical (unpaired) electrons. The van der Waals surface area contributed by atoms with Gasteiger partial charge in [-0.3, -0.25) is 9.79 Å². The lowest BCUT2D eigenvalue weighted by Crippen LogP contribution is -2.35. The molecule has 9 heteroatoms. The summed E-state index contributed by atoms with van der Waals surface area (Å²) < 4.78 is 21.7. The summed E-state index contributed by atoms with van der Waals surface area (Å²) in [6.45, 7) is 4.46. The molecule has 4 rings (SSSR count). The molecule has 0 spiro atoms. The van der Waals surface area contributed by atoms with E-state index in [0.717, 1.165) is 35.1 Å². The van der Waals surface area contributed by atoms with Gasteiger partial charge in [0.1, 0.15) is 23.0 Å². The Morgan fingerprint density at radius 3 is 2.16 bits per heavy atom. The Bertz CT molecular complexity index is 1490. The van der Waals surface area contributed by atoms with E-state index in [9.17, 15) is 9.59 Å². The first-order valence-corrected chi connectivity index (χ1v) is 14.6. The van der Waals surface area contributed by atoms with Gasteiger partial charge in [-0.05, 0) is 54.7 Å². The largest absolute Gasteiger partial charge is 0.497 e. The van der Waals surface area contributed by atoms with E-state index in [0.29, 0.717) is 34.4 Å². The van der Waals surface area contributed by atoms with Crippen molar-refractivity contribution in [2.24, 2.45) is 16.6 Å². The van der Waals surface area contributed by atoms with Gasteiger partial charge in [-0.25, -0.2) is 4.79 Å². The first-order valence-electron chi connectivity index (χ1n) is 14.6. The van der Waals surface area contributed by atoms with Gasteiger partial charge in [0.25, 0.3) is 5.91 Å². The Balaban J connectivity index is 0.00000259. The van der Waals surface area contributed by atoms with Crippen molar-refractivity contribution in [3.63, 3.8) is 0 Å². The molecule has 1 fully saturated rings. The molecule has 1 aliphatic carbocycles. The van der Waals surface area contributed by atoms with E-state index in [-0.39, 0.29) is 24.7 Å². The summed E-state index contributed by atoms with van der Waals surface area (Å²) in [5.74, 6) is 1.49. The van der Waals surface area contributed by atoms with Crippen LogP contribution in [0.1, 0.15) is 48.2 Å². The van der Waals surface area contributed by atoms with Crippen LogP contribution in [-0.4, -0.2) is 58.0 Å². The predicted octanol–water partition coefficient (Wildman–Crippen LogP) is 6.04. The number of methoxy groups -OCH3 is 4. The van der Waals surface area contributed by atoms with Crippen LogP contribution < -0.4 is 19.9 Å². The van der Waals surface area contributed by atoms with E-state index in [2.05, 4.69) is 4.99 Å². The summed E-state index contributed by atoms with van der Waals surface area (Å²) in [6, 6.07) is 18.4. The van der Waals surface area contributed by atoms with Gasteiger partial charge in [0.2, 0.25) is 0 Å². The number of aliphatic imine (C=N–C) groups is 1. The van der Waals surface area contributed by atoms with Crippen molar-refractivity contribution in [1.82, 2.24) is 4.90 Å². The van der Waals surface area contributed by atoms with Gasteiger partial charge in [-0.1, -0.05) is 44.2 Å². The fourth-order valence-corrected chi connectivity index (χ4v) is 4.75. The highest BCUT2D eigenvalue weighted by Gasteiger charge is 2.27. The van der Waals surface area contributed by atoms with Gasteiger partial charge in [0.15, 0.2) is 0 Å². The van der Waals surface area contributed by atoms with Crippen LogP contribution in [0.5, 0.6) is 17.2 Å². The minimum absolute atomic E-state index is 0.224.